The zero-order valence-electron chi connectivity index (χ0n) is 17.9. The van der Waals surface area contributed by atoms with Gasteiger partial charge < -0.3 is 14.8 Å². The Morgan fingerprint density at radius 2 is 1.90 bits per heavy atom. The maximum Gasteiger partial charge on any atom is 0.241 e. The first-order valence-corrected chi connectivity index (χ1v) is 10.7. The first kappa shape index (κ1) is 19.9. The molecule has 1 fully saturated rings. The summed E-state index contributed by atoms with van der Waals surface area (Å²) in [6.45, 7) is 3.33. The summed E-state index contributed by atoms with van der Waals surface area (Å²) in [4.78, 5) is 13.3. The predicted octanol–water partition coefficient (Wildman–Crippen LogP) is 3.13. The van der Waals surface area contributed by atoms with E-state index in [0.29, 0.717) is 37.1 Å². The number of nitrogens with one attached hydrogen (secondary N) is 1. The smallest absolute Gasteiger partial charge is 0.241 e. The van der Waals surface area contributed by atoms with Crippen LogP contribution in [0.5, 0.6) is 0 Å². The van der Waals surface area contributed by atoms with E-state index in [1.165, 1.54) is 0 Å². The van der Waals surface area contributed by atoms with Gasteiger partial charge in [-0.3, -0.25) is 4.40 Å². The van der Waals surface area contributed by atoms with Crippen molar-refractivity contribution >= 4 is 17.2 Å². The molecule has 4 aromatic heterocycles. The molecule has 0 saturated heterocycles. The Morgan fingerprint density at radius 1 is 1.06 bits per heavy atom. The second kappa shape index (κ2) is 8.60. The largest absolute Gasteiger partial charge is 0.382 e. The molecular weight excluding hydrogens is 394 g/mol. The molecule has 1 N–H and O–H groups in total. The van der Waals surface area contributed by atoms with Gasteiger partial charge in [-0.15, -0.1) is 5.10 Å². The summed E-state index contributed by atoms with van der Waals surface area (Å²) in [6, 6.07) is 2.41. The first-order valence-electron chi connectivity index (χ1n) is 10.7. The van der Waals surface area contributed by atoms with E-state index in [-0.39, 0.29) is 0 Å². The monoisotopic (exact) mass is 421 g/mol. The molecule has 1 aliphatic rings. The van der Waals surface area contributed by atoms with Gasteiger partial charge in [0.25, 0.3) is 0 Å². The number of hydrogen-bond donors (Lipinski definition) is 1. The fourth-order valence-electron chi connectivity index (χ4n) is 4.19. The van der Waals surface area contributed by atoms with Crippen LogP contribution in [0.3, 0.4) is 0 Å². The minimum Gasteiger partial charge on any atom is -0.382 e. The second-order valence-electron chi connectivity index (χ2n) is 8.03. The van der Waals surface area contributed by atoms with Crippen LogP contribution in [0.25, 0.3) is 22.4 Å². The van der Waals surface area contributed by atoms with Crippen LogP contribution >= 0.6 is 0 Å². The van der Waals surface area contributed by atoms with Gasteiger partial charge >= 0.3 is 0 Å². The maximum absolute atomic E-state index is 5.85. The Kier molecular flexibility index (Phi) is 5.52. The third-order valence-corrected chi connectivity index (χ3v) is 5.93. The molecule has 0 radical (unpaired) electrons. The molecule has 5 rings (SSSR count). The van der Waals surface area contributed by atoms with Gasteiger partial charge in [0, 0.05) is 48.6 Å². The zero-order chi connectivity index (χ0) is 21.2. The van der Waals surface area contributed by atoms with Crippen LogP contribution < -0.4 is 5.32 Å². The molecule has 9 heteroatoms. The molecule has 9 nitrogen and oxygen atoms in total. The molecule has 0 amide bonds. The highest BCUT2D eigenvalue weighted by atomic mass is 16.5. The summed E-state index contributed by atoms with van der Waals surface area (Å²) in [5, 5.41) is 8.16. The number of anilines is 1. The Labute approximate surface area is 180 Å². The van der Waals surface area contributed by atoms with Gasteiger partial charge in [-0.1, -0.05) is 0 Å². The summed E-state index contributed by atoms with van der Waals surface area (Å²) in [5.74, 6) is 1.35. The van der Waals surface area contributed by atoms with Crippen molar-refractivity contribution in [2.24, 2.45) is 0 Å². The summed E-state index contributed by atoms with van der Waals surface area (Å²) < 4.78 is 14.8. The Bertz CT molecular complexity index is 1180. The topological polar surface area (TPSA) is 90.9 Å². The number of aromatic nitrogens is 6. The first-order chi connectivity index (χ1) is 15.2. The lowest BCUT2D eigenvalue weighted by atomic mass is 9.93. The van der Waals surface area contributed by atoms with Gasteiger partial charge in [-0.2, -0.15) is 0 Å². The lowest BCUT2D eigenvalue weighted by Crippen LogP contribution is -2.31. The van der Waals surface area contributed by atoms with Crippen molar-refractivity contribution < 1.29 is 9.47 Å². The minimum atomic E-state index is 0.327. The van der Waals surface area contributed by atoms with Crippen molar-refractivity contribution in [3.8, 4) is 11.1 Å². The number of methoxy groups -OCH3 is 1. The van der Waals surface area contributed by atoms with Crippen LogP contribution in [0, 0.1) is 6.92 Å². The van der Waals surface area contributed by atoms with Gasteiger partial charge in [-0.25, -0.2) is 19.5 Å². The Morgan fingerprint density at radius 3 is 2.74 bits per heavy atom. The standard InChI is InChI=1S/C22H27N7O2/c1-15-11-24-22-25-12-16(14-28(15)22)19-7-8-29-20(19)13-23-21(27-29)26-17-3-5-18(6-4-17)31-10-9-30-2/h7-8,11-14,17-18H,3-6,9-10H2,1-2H3,(H,26,27)/t17-,18-. The molecule has 0 atom stereocenters. The van der Waals surface area contributed by atoms with E-state index >= 15 is 0 Å². The predicted molar refractivity (Wildman–Crippen MR) is 117 cm³/mol. The van der Waals surface area contributed by atoms with Crippen molar-refractivity contribution in [1.82, 2.24) is 29.0 Å². The number of nitrogens with zero attached hydrogens (tertiary/aromatic N) is 6. The molecule has 31 heavy (non-hydrogen) atoms. The molecule has 1 aliphatic carbocycles. The van der Waals surface area contributed by atoms with E-state index in [1.807, 2.05) is 46.7 Å². The lowest BCUT2D eigenvalue weighted by Gasteiger charge is -2.29. The Hall–Kier alpha value is -3.04. The van der Waals surface area contributed by atoms with E-state index in [1.54, 1.807) is 7.11 Å². The fraction of sp³-hybridized carbons (Fsp3) is 0.455. The molecule has 4 heterocycles. The third kappa shape index (κ3) is 4.11. The van der Waals surface area contributed by atoms with E-state index in [9.17, 15) is 0 Å². The quantitative estimate of drug-likeness (QED) is 0.459. The minimum absolute atomic E-state index is 0.327. The summed E-state index contributed by atoms with van der Waals surface area (Å²) in [7, 11) is 1.70. The molecule has 4 aromatic rings. The van der Waals surface area contributed by atoms with Gasteiger partial charge in [0.1, 0.15) is 0 Å². The van der Waals surface area contributed by atoms with Crippen LogP contribution in [0.1, 0.15) is 31.4 Å². The number of aryl methyl sites for hydroxylation is 1. The Balaban J connectivity index is 1.28. The number of imidazole rings is 1. The van der Waals surface area contributed by atoms with Crippen LogP contribution in [0.2, 0.25) is 0 Å². The van der Waals surface area contributed by atoms with Crippen LogP contribution in [0.15, 0.2) is 37.1 Å². The molecule has 0 bridgehead atoms. The highest BCUT2D eigenvalue weighted by molar-refractivity contribution is 5.79. The molecule has 0 aromatic carbocycles. The average molecular weight is 422 g/mol. The van der Waals surface area contributed by atoms with Gasteiger partial charge in [0.05, 0.1) is 37.2 Å². The number of fused-ring (bicyclic) bond motifs is 2. The molecule has 0 unspecified atom stereocenters. The molecule has 1 saturated carbocycles. The van der Waals surface area contributed by atoms with Crippen molar-refractivity contribution in [2.75, 3.05) is 25.6 Å². The van der Waals surface area contributed by atoms with Crippen LogP contribution in [-0.2, 0) is 9.47 Å². The highest BCUT2D eigenvalue weighted by Gasteiger charge is 2.22. The summed E-state index contributed by atoms with van der Waals surface area (Å²) in [6.07, 6.45) is 14.1. The van der Waals surface area contributed by atoms with Gasteiger partial charge in [-0.05, 0) is 38.7 Å². The fourth-order valence-corrected chi connectivity index (χ4v) is 4.19. The molecular formula is C22H27N7O2. The maximum atomic E-state index is 5.85. The number of ether oxygens (including phenoxy) is 2. The van der Waals surface area contributed by atoms with Crippen molar-refractivity contribution in [3.05, 3.63) is 42.7 Å². The lowest BCUT2D eigenvalue weighted by molar-refractivity contribution is -0.00158. The summed E-state index contributed by atoms with van der Waals surface area (Å²) in [5.41, 5.74) is 4.05. The third-order valence-electron chi connectivity index (χ3n) is 5.93. The number of rotatable bonds is 7. The zero-order valence-corrected chi connectivity index (χ0v) is 17.9. The SMILES string of the molecule is COCCO[C@H]1CC[C@H](Nc2ncc3c(-c4cnc5ncc(C)n5c4)ccn3n2)CC1. The van der Waals surface area contributed by atoms with Crippen molar-refractivity contribution in [2.45, 2.75) is 44.8 Å². The second-order valence-corrected chi connectivity index (χ2v) is 8.03. The van der Waals surface area contributed by atoms with Crippen LogP contribution in [-0.4, -0.2) is 61.4 Å². The van der Waals surface area contributed by atoms with Crippen molar-refractivity contribution in [1.29, 1.82) is 0 Å². The number of hydrogen-bond acceptors (Lipinski definition) is 7. The van der Waals surface area contributed by atoms with Crippen molar-refractivity contribution in [3.63, 3.8) is 0 Å². The van der Waals surface area contributed by atoms with E-state index < -0.39 is 0 Å². The van der Waals surface area contributed by atoms with E-state index in [0.717, 1.165) is 48.0 Å². The molecule has 162 valence electrons. The van der Waals surface area contributed by atoms with E-state index in [2.05, 4.69) is 31.6 Å². The van der Waals surface area contributed by atoms with Gasteiger partial charge in [0.15, 0.2) is 0 Å². The van der Waals surface area contributed by atoms with Gasteiger partial charge in [0.2, 0.25) is 11.7 Å². The average Bonchev–Trinajstić information content (AvgIpc) is 3.38. The normalized spacial score (nSPS) is 19.3. The molecule has 0 spiro atoms. The van der Waals surface area contributed by atoms with Crippen LogP contribution in [0.4, 0.5) is 5.95 Å². The molecule has 0 aliphatic heterocycles. The highest BCUT2D eigenvalue weighted by Crippen LogP contribution is 2.26. The summed E-state index contributed by atoms with van der Waals surface area (Å²) >= 11 is 0. The van der Waals surface area contributed by atoms with E-state index in [4.69, 9.17) is 9.47 Å².